The summed E-state index contributed by atoms with van der Waals surface area (Å²) < 4.78 is 10.5. The summed E-state index contributed by atoms with van der Waals surface area (Å²) in [5.74, 6) is 2.53. The van der Waals surface area contributed by atoms with Gasteiger partial charge >= 0.3 is 5.97 Å². The van der Waals surface area contributed by atoms with Crippen molar-refractivity contribution in [3.8, 4) is 18.1 Å². The zero-order chi connectivity index (χ0) is 15.1. The monoisotopic (exact) mass is 281 g/mol. The van der Waals surface area contributed by atoms with Gasteiger partial charge in [-0.1, -0.05) is 18.1 Å². The van der Waals surface area contributed by atoms with Gasteiger partial charge in [-0.3, -0.25) is 0 Å². The first kappa shape index (κ1) is 14.5. The molecule has 0 aliphatic carbocycles. The normalized spacial score (nSPS) is 9.67. The maximum Gasteiger partial charge on any atom is 0.339 e. The molecular weight excluding hydrogens is 266 g/mol. The number of carbonyl (C=O) groups excluding carboxylic acids is 1. The third-order valence-electron chi connectivity index (χ3n) is 2.73. The zero-order valence-corrected chi connectivity index (χ0v) is 11.4. The highest BCUT2D eigenvalue weighted by atomic mass is 16.5. The first-order valence-corrected chi connectivity index (χ1v) is 6.37. The van der Waals surface area contributed by atoms with Gasteiger partial charge in [0.2, 0.25) is 0 Å². The van der Waals surface area contributed by atoms with Crippen LogP contribution in [0.1, 0.15) is 15.9 Å². The molecule has 2 rings (SSSR count). The van der Waals surface area contributed by atoms with Gasteiger partial charge in [-0.2, -0.15) is 0 Å². The number of anilines is 1. The summed E-state index contributed by atoms with van der Waals surface area (Å²) in [7, 11) is 0. The van der Waals surface area contributed by atoms with E-state index < -0.39 is 5.97 Å². The van der Waals surface area contributed by atoms with Crippen LogP contribution in [0.15, 0.2) is 48.5 Å². The van der Waals surface area contributed by atoms with Crippen molar-refractivity contribution < 1.29 is 14.3 Å². The van der Waals surface area contributed by atoms with E-state index in [1.54, 1.807) is 42.5 Å². The Kier molecular flexibility index (Phi) is 4.84. The number of rotatable bonds is 5. The summed E-state index contributed by atoms with van der Waals surface area (Å²) in [6, 6.07) is 14.2. The number of nitrogen functional groups attached to an aromatic ring is 1. The highest BCUT2D eigenvalue weighted by Gasteiger charge is 2.07. The molecule has 0 spiro atoms. The predicted octanol–water partition coefficient (Wildman–Crippen LogP) is 2.64. The number of hydrogen-bond donors (Lipinski definition) is 1. The Morgan fingerprint density at radius 2 is 1.95 bits per heavy atom. The van der Waals surface area contributed by atoms with Crippen LogP contribution in [0.5, 0.6) is 5.75 Å². The van der Waals surface area contributed by atoms with E-state index in [1.165, 1.54) is 0 Å². The molecule has 4 nitrogen and oxygen atoms in total. The SMILES string of the molecule is C#CCOC(=O)c1cccc(COc2ccc(N)cc2)c1. The van der Waals surface area contributed by atoms with Crippen LogP contribution in [0.3, 0.4) is 0 Å². The van der Waals surface area contributed by atoms with E-state index in [0.717, 1.165) is 5.56 Å². The molecular formula is C17H15NO3. The number of terminal acetylenes is 1. The molecule has 2 aromatic rings. The second kappa shape index (κ2) is 7.01. The van der Waals surface area contributed by atoms with Gasteiger partial charge < -0.3 is 15.2 Å². The van der Waals surface area contributed by atoms with E-state index >= 15 is 0 Å². The first-order chi connectivity index (χ1) is 10.2. The highest BCUT2D eigenvalue weighted by molar-refractivity contribution is 5.89. The van der Waals surface area contributed by atoms with Crippen molar-refractivity contribution in [2.75, 3.05) is 12.3 Å². The van der Waals surface area contributed by atoms with Gasteiger partial charge in [0, 0.05) is 5.69 Å². The third kappa shape index (κ3) is 4.29. The standard InChI is InChI=1S/C17H15NO3/c1-2-10-20-17(19)14-5-3-4-13(11-14)12-21-16-8-6-15(18)7-9-16/h1,3-9,11H,10,12,18H2. The summed E-state index contributed by atoms with van der Waals surface area (Å²) in [5.41, 5.74) is 7.60. The largest absolute Gasteiger partial charge is 0.489 e. The number of esters is 1. The lowest BCUT2D eigenvalue weighted by molar-refractivity contribution is 0.0556. The van der Waals surface area contributed by atoms with Gasteiger partial charge in [-0.05, 0) is 42.0 Å². The molecule has 106 valence electrons. The molecule has 4 heteroatoms. The highest BCUT2D eigenvalue weighted by Crippen LogP contribution is 2.15. The molecule has 0 atom stereocenters. The molecule has 0 aliphatic rings. The number of carbonyl (C=O) groups is 1. The predicted molar refractivity (Wildman–Crippen MR) is 80.7 cm³/mol. The van der Waals surface area contributed by atoms with Crippen LogP contribution in [0.2, 0.25) is 0 Å². The van der Waals surface area contributed by atoms with Gasteiger partial charge in [0.1, 0.15) is 12.4 Å². The lowest BCUT2D eigenvalue weighted by atomic mass is 10.1. The molecule has 2 aromatic carbocycles. The molecule has 0 saturated heterocycles. The van der Waals surface area contributed by atoms with Crippen molar-refractivity contribution in [2.24, 2.45) is 0 Å². The smallest absolute Gasteiger partial charge is 0.339 e. The topological polar surface area (TPSA) is 61.5 Å². The minimum absolute atomic E-state index is 0.0367. The van der Waals surface area contributed by atoms with Gasteiger partial charge in [0.25, 0.3) is 0 Å². The van der Waals surface area contributed by atoms with Crippen molar-refractivity contribution in [2.45, 2.75) is 6.61 Å². The quantitative estimate of drug-likeness (QED) is 0.520. The van der Waals surface area contributed by atoms with Gasteiger partial charge in [0.15, 0.2) is 6.61 Å². The summed E-state index contributed by atoms with van der Waals surface area (Å²) >= 11 is 0. The minimum Gasteiger partial charge on any atom is -0.489 e. The number of benzene rings is 2. The zero-order valence-electron chi connectivity index (χ0n) is 11.4. The Bertz CT molecular complexity index is 656. The van der Waals surface area contributed by atoms with E-state index in [1.807, 2.05) is 6.07 Å². The Morgan fingerprint density at radius 1 is 1.19 bits per heavy atom. The van der Waals surface area contributed by atoms with E-state index in [0.29, 0.717) is 23.6 Å². The Hall–Kier alpha value is -2.93. The number of ether oxygens (including phenoxy) is 2. The Labute approximate surface area is 123 Å². The average Bonchev–Trinajstić information content (AvgIpc) is 2.52. The van der Waals surface area contributed by atoms with E-state index in [2.05, 4.69) is 5.92 Å². The van der Waals surface area contributed by atoms with Crippen LogP contribution in [-0.2, 0) is 11.3 Å². The average molecular weight is 281 g/mol. The molecule has 0 saturated carbocycles. The molecule has 0 aromatic heterocycles. The molecule has 2 N–H and O–H groups in total. The third-order valence-corrected chi connectivity index (χ3v) is 2.73. The van der Waals surface area contributed by atoms with Crippen molar-refractivity contribution in [1.82, 2.24) is 0 Å². The van der Waals surface area contributed by atoms with Crippen molar-refractivity contribution >= 4 is 11.7 Å². The van der Waals surface area contributed by atoms with Gasteiger partial charge in [0.05, 0.1) is 5.56 Å². The fourth-order valence-electron chi connectivity index (χ4n) is 1.71. The summed E-state index contributed by atoms with van der Waals surface area (Å²) in [5, 5.41) is 0. The van der Waals surface area contributed by atoms with Crippen LogP contribution in [-0.4, -0.2) is 12.6 Å². The minimum atomic E-state index is -0.442. The van der Waals surface area contributed by atoms with E-state index in [-0.39, 0.29) is 6.61 Å². The van der Waals surface area contributed by atoms with E-state index in [9.17, 15) is 4.79 Å². The molecule has 0 aliphatic heterocycles. The van der Waals surface area contributed by atoms with Crippen molar-refractivity contribution in [3.05, 3.63) is 59.7 Å². The second-order valence-corrected chi connectivity index (χ2v) is 4.34. The molecule has 0 radical (unpaired) electrons. The summed E-state index contributed by atoms with van der Waals surface area (Å²) in [4.78, 5) is 11.7. The van der Waals surface area contributed by atoms with Crippen LogP contribution in [0.4, 0.5) is 5.69 Å². The van der Waals surface area contributed by atoms with E-state index in [4.69, 9.17) is 21.6 Å². The Balaban J connectivity index is 1.99. The summed E-state index contributed by atoms with van der Waals surface area (Å²) in [6.45, 7) is 0.311. The lowest BCUT2D eigenvalue weighted by Crippen LogP contribution is -2.06. The first-order valence-electron chi connectivity index (χ1n) is 6.37. The van der Waals surface area contributed by atoms with Crippen LogP contribution in [0, 0.1) is 12.3 Å². The Morgan fingerprint density at radius 3 is 2.67 bits per heavy atom. The maximum absolute atomic E-state index is 11.7. The van der Waals surface area contributed by atoms with Crippen molar-refractivity contribution in [3.63, 3.8) is 0 Å². The maximum atomic E-state index is 11.7. The second-order valence-electron chi connectivity index (χ2n) is 4.34. The van der Waals surface area contributed by atoms with Gasteiger partial charge in [-0.15, -0.1) is 6.42 Å². The fourth-order valence-corrected chi connectivity index (χ4v) is 1.71. The fraction of sp³-hybridized carbons (Fsp3) is 0.118. The lowest BCUT2D eigenvalue weighted by Gasteiger charge is -2.08. The van der Waals surface area contributed by atoms with Gasteiger partial charge in [-0.25, -0.2) is 4.79 Å². The molecule has 0 amide bonds. The molecule has 21 heavy (non-hydrogen) atoms. The van der Waals surface area contributed by atoms with Crippen LogP contribution >= 0.6 is 0 Å². The number of hydrogen-bond acceptors (Lipinski definition) is 4. The molecule has 0 unspecified atom stereocenters. The number of nitrogens with two attached hydrogens (primary N) is 1. The molecule has 0 bridgehead atoms. The molecule has 0 heterocycles. The van der Waals surface area contributed by atoms with Crippen LogP contribution in [0.25, 0.3) is 0 Å². The molecule has 0 fully saturated rings. The summed E-state index contributed by atoms with van der Waals surface area (Å²) in [6.07, 6.45) is 5.05. The van der Waals surface area contributed by atoms with Crippen molar-refractivity contribution in [1.29, 1.82) is 0 Å². The van der Waals surface area contributed by atoms with Crippen LogP contribution < -0.4 is 10.5 Å².